The minimum absolute atomic E-state index is 0.0530. The van der Waals surface area contributed by atoms with Gasteiger partial charge in [-0.3, -0.25) is 9.69 Å². The van der Waals surface area contributed by atoms with Crippen LogP contribution in [0.25, 0.3) is 0 Å². The number of hydrogen-bond donors (Lipinski definition) is 0. The van der Waals surface area contributed by atoms with Gasteiger partial charge >= 0.3 is 6.01 Å². The van der Waals surface area contributed by atoms with Gasteiger partial charge in [-0.05, 0) is 84.8 Å². The number of nitrogens with zero attached hydrogens (tertiary/aromatic N) is 7. The molecule has 0 aliphatic carbocycles. The molecule has 2 saturated heterocycles. The molecular formula is C31H48FN7O3. The molecule has 2 aliphatic heterocycles. The summed E-state index contributed by atoms with van der Waals surface area (Å²) in [5.41, 5.74) is 0.315. The van der Waals surface area contributed by atoms with Crippen LogP contribution in [0.1, 0.15) is 64.2 Å². The average molecular weight is 586 g/mol. The van der Waals surface area contributed by atoms with Crippen molar-refractivity contribution in [1.29, 1.82) is 0 Å². The zero-order valence-electron chi connectivity index (χ0n) is 26.6. The molecule has 42 heavy (non-hydrogen) atoms. The summed E-state index contributed by atoms with van der Waals surface area (Å²) in [5, 5.41) is 8.33. The van der Waals surface area contributed by atoms with Gasteiger partial charge in [0.1, 0.15) is 11.6 Å². The summed E-state index contributed by atoms with van der Waals surface area (Å²) in [4.78, 5) is 26.7. The maximum Gasteiger partial charge on any atom is 0.337 e. The quantitative estimate of drug-likeness (QED) is 0.336. The Kier molecular flexibility index (Phi) is 10.2. The molecule has 3 heterocycles. The van der Waals surface area contributed by atoms with Gasteiger partial charge in [0, 0.05) is 50.2 Å². The van der Waals surface area contributed by atoms with Gasteiger partial charge in [-0.15, -0.1) is 5.10 Å². The van der Waals surface area contributed by atoms with E-state index in [9.17, 15) is 9.18 Å². The van der Waals surface area contributed by atoms with E-state index in [1.54, 1.807) is 4.90 Å². The second-order valence-corrected chi connectivity index (χ2v) is 12.7. The molecular weight excluding hydrogens is 537 g/mol. The molecule has 1 spiro atoms. The Bertz CT molecular complexity index is 1220. The molecule has 0 radical (unpaired) electrons. The van der Waals surface area contributed by atoms with E-state index in [0.717, 1.165) is 39.1 Å². The summed E-state index contributed by atoms with van der Waals surface area (Å²) < 4.78 is 25.8. The Morgan fingerprint density at radius 1 is 1.14 bits per heavy atom. The molecule has 0 bridgehead atoms. The molecule has 232 valence electrons. The fourth-order valence-corrected chi connectivity index (χ4v) is 6.39. The first-order chi connectivity index (χ1) is 20.0. The lowest BCUT2D eigenvalue weighted by atomic mass is 9.76. The third kappa shape index (κ3) is 7.11. The molecule has 0 saturated carbocycles. The highest BCUT2D eigenvalue weighted by atomic mass is 19.1. The summed E-state index contributed by atoms with van der Waals surface area (Å²) in [6, 6.07) is 4.62. The lowest BCUT2D eigenvalue weighted by molar-refractivity contribution is -0.0343. The van der Waals surface area contributed by atoms with Gasteiger partial charge in [0.2, 0.25) is 0 Å². The van der Waals surface area contributed by atoms with Crippen molar-refractivity contribution < 1.29 is 18.7 Å². The Morgan fingerprint density at radius 2 is 1.88 bits per heavy atom. The SMILES string of the molecule is CCN(C(=O)c1cc(F)ccc1Oc1nnc(OC)nc1N1CCC2(C1)CN(C(CCCN(C)C)C(C)C)C2)C(C)C. The molecule has 1 aromatic carbocycles. The number of methoxy groups -OCH3 is 1. The molecule has 1 amide bonds. The van der Waals surface area contributed by atoms with Crippen LogP contribution in [-0.2, 0) is 0 Å². The van der Waals surface area contributed by atoms with Crippen LogP contribution in [0.2, 0.25) is 0 Å². The first-order valence-electron chi connectivity index (χ1n) is 15.2. The smallest absolute Gasteiger partial charge is 0.337 e. The monoisotopic (exact) mass is 585 g/mol. The molecule has 0 N–H and O–H groups in total. The van der Waals surface area contributed by atoms with E-state index in [0.29, 0.717) is 24.3 Å². The highest BCUT2D eigenvalue weighted by molar-refractivity contribution is 5.97. The number of benzene rings is 1. The van der Waals surface area contributed by atoms with Crippen molar-refractivity contribution in [2.24, 2.45) is 11.3 Å². The van der Waals surface area contributed by atoms with Crippen molar-refractivity contribution in [1.82, 2.24) is 29.9 Å². The fourth-order valence-electron chi connectivity index (χ4n) is 6.39. The van der Waals surface area contributed by atoms with E-state index >= 15 is 0 Å². The topological polar surface area (TPSA) is 87.2 Å². The van der Waals surface area contributed by atoms with Crippen molar-refractivity contribution in [2.75, 3.05) is 65.4 Å². The standard InChI is InChI=1S/C31H48FN7O3/c1-9-39(22(4)5)29(40)24-17-23(32)12-13-26(24)42-28-27(33-30(41-8)35-34-28)37-16-14-31(18-37)19-38(20-31)25(21(2)3)11-10-15-36(6)7/h12-13,17,21-22,25H,9-11,14-16,18-20H2,1-8H3. The van der Waals surface area contributed by atoms with Crippen LogP contribution in [0.4, 0.5) is 10.2 Å². The van der Waals surface area contributed by atoms with Crippen molar-refractivity contribution in [2.45, 2.75) is 66.0 Å². The Hall–Kier alpha value is -3.05. The van der Waals surface area contributed by atoms with Crippen molar-refractivity contribution >= 4 is 11.7 Å². The highest BCUT2D eigenvalue weighted by Gasteiger charge is 2.50. The summed E-state index contributed by atoms with van der Waals surface area (Å²) in [7, 11) is 5.76. The predicted molar refractivity (Wildman–Crippen MR) is 162 cm³/mol. The Labute approximate surface area is 250 Å². The number of ether oxygens (including phenoxy) is 2. The Balaban J connectivity index is 1.53. The normalized spacial score (nSPS) is 17.3. The third-order valence-corrected chi connectivity index (χ3v) is 8.56. The van der Waals surface area contributed by atoms with Gasteiger partial charge in [0.15, 0.2) is 5.82 Å². The molecule has 11 heteroatoms. The summed E-state index contributed by atoms with van der Waals surface area (Å²) >= 11 is 0. The fraction of sp³-hybridized carbons (Fsp3) is 0.677. The Morgan fingerprint density at radius 3 is 2.50 bits per heavy atom. The highest BCUT2D eigenvalue weighted by Crippen LogP contribution is 2.45. The van der Waals surface area contributed by atoms with Crippen LogP contribution in [0.5, 0.6) is 17.6 Å². The molecule has 2 fully saturated rings. The summed E-state index contributed by atoms with van der Waals surface area (Å²) in [6.45, 7) is 15.7. The number of rotatable bonds is 13. The number of amides is 1. The number of likely N-dealkylation sites (tertiary alicyclic amines) is 1. The van der Waals surface area contributed by atoms with E-state index in [-0.39, 0.29) is 40.6 Å². The molecule has 1 unspecified atom stereocenters. The van der Waals surface area contributed by atoms with E-state index in [1.165, 1.54) is 38.2 Å². The van der Waals surface area contributed by atoms with Crippen molar-refractivity contribution in [3.63, 3.8) is 0 Å². The molecule has 1 aromatic heterocycles. The number of carbonyl (C=O) groups excluding carboxylic acids is 1. The van der Waals surface area contributed by atoms with Crippen LogP contribution in [0.3, 0.4) is 0 Å². The summed E-state index contributed by atoms with van der Waals surface area (Å²) in [5.74, 6) is 0.678. The van der Waals surface area contributed by atoms with Crippen LogP contribution in [0.15, 0.2) is 18.2 Å². The van der Waals surface area contributed by atoms with Gasteiger partial charge in [-0.25, -0.2) is 4.39 Å². The van der Waals surface area contributed by atoms with Crippen LogP contribution in [-0.4, -0.2) is 108 Å². The summed E-state index contributed by atoms with van der Waals surface area (Å²) in [6.07, 6.45) is 3.43. The van der Waals surface area contributed by atoms with Crippen molar-refractivity contribution in [3.8, 4) is 17.6 Å². The molecule has 2 aromatic rings. The van der Waals surface area contributed by atoms with E-state index < -0.39 is 5.82 Å². The van der Waals surface area contributed by atoms with Gasteiger partial charge < -0.3 is 24.2 Å². The molecule has 10 nitrogen and oxygen atoms in total. The van der Waals surface area contributed by atoms with Crippen LogP contribution < -0.4 is 14.4 Å². The average Bonchev–Trinajstić information content (AvgIpc) is 3.37. The first kappa shape index (κ1) is 31.9. The van der Waals surface area contributed by atoms with Crippen LogP contribution >= 0.6 is 0 Å². The lowest BCUT2D eigenvalue weighted by Gasteiger charge is -2.53. The minimum Gasteiger partial charge on any atom is -0.466 e. The predicted octanol–water partition coefficient (Wildman–Crippen LogP) is 4.56. The number of anilines is 1. The number of carbonyl (C=O) groups is 1. The molecule has 1 atom stereocenters. The minimum atomic E-state index is -0.512. The molecule has 2 aliphatic rings. The second-order valence-electron chi connectivity index (χ2n) is 12.7. The first-order valence-corrected chi connectivity index (χ1v) is 15.2. The van der Waals surface area contributed by atoms with Gasteiger partial charge in [0.05, 0.1) is 12.7 Å². The number of halogens is 1. The van der Waals surface area contributed by atoms with Crippen molar-refractivity contribution in [3.05, 3.63) is 29.6 Å². The van der Waals surface area contributed by atoms with Gasteiger partial charge in [-0.2, -0.15) is 4.98 Å². The second kappa shape index (κ2) is 13.5. The number of aromatic nitrogens is 3. The van der Waals surface area contributed by atoms with Gasteiger partial charge in [-0.1, -0.05) is 18.9 Å². The molecule has 4 rings (SSSR count). The maximum absolute atomic E-state index is 14.3. The largest absolute Gasteiger partial charge is 0.466 e. The van der Waals surface area contributed by atoms with E-state index in [2.05, 4.69) is 57.8 Å². The zero-order chi connectivity index (χ0) is 30.6. The third-order valence-electron chi connectivity index (χ3n) is 8.56. The lowest BCUT2D eigenvalue weighted by Crippen LogP contribution is -2.62. The van der Waals surface area contributed by atoms with Crippen LogP contribution in [0, 0.1) is 17.2 Å². The van der Waals surface area contributed by atoms with Gasteiger partial charge in [0.25, 0.3) is 11.8 Å². The zero-order valence-corrected chi connectivity index (χ0v) is 26.6. The maximum atomic E-state index is 14.3. The number of hydrogen-bond acceptors (Lipinski definition) is 9. The van der Waals surface area contributed by atoms with E-state index in [4.69, 9.17) is 9.47 Å². The van der Waals surface area contributed by atoms with E-state index in [1.807, 2.05) is 20.8 Å².